The van der Waals surface area contributed by atoms with E-state index in [0.29, 0.717) is 50.4 Å². The predicted octanol–water partition coefficient (Wildman–Crippen LogP) is 2.83. The Bertz CT molecular complexity index is 864. The topological polar surface area (TPSA) is 83.0 Å². The second kappa shape index (κ2) is 11.9. The third kappa shape index (κ3) is 6.39. The van der Waals surface area contributed by atoms with Crippen molar-refractivity contribution in [2.24, 2.45) is 4.99 Å². The molecular formula is C24H30N4O3. The molecule has 0 fully saturated rings. The van der Waals surface area contributed by atoms with Crippen LogP contribution in [0.2, 0.25) is 0 Å². The first-order valence-electron chi connectivity index (χ1n) is 10.8. The fraction of sp³-hybridized carbons (Fsp3) is 0.375. The van der Waals surface area contributed by atoms with Gasteiger partial charge in [0.25, 0.3) is 11.8 Å². The number of guanidine groups is 1. The summed E-state index contributed by atoms with van der Waals surface area (Å²) in [5.74, 6) is 0.343. The molecule has 2 aromatic rings. The van der Waals surface area contributed by atoms with Crippen LogP contribution in [0.25, 0.3) is 0 Å². The van der Waals surface area contributed by atoms with E-state index in [1.807, 2.05) is 37.3 Å². The van der Waals surface area contributed by atoms with Crippen molar-refractivity contribution < 1.29 is 14.3 Å². The number of carbonyl (C=O) groups is 2. The zero-order valence-corrected chi connectivity index (χ0v) is 18.0. The second-order valence-corrected chi connectivity index (χ2v) is 7.24. The number of nitrogens with one attached hydrogen (secondary N) is 2. The van der Waals surface area contributed by atoms with Gasteiger partial charge in [0, 0.05) is 26.2 Å². The Morgan fingerprint density at radius 1 is 0.935 bits per heavy atom. The van der Waals surface area contributed by atoms with E-state index in [0.717, 1.165) is 24.5 Å². The Kier molecular flexibility index (Phi) is 8.60. The number of imide groups is 1. The van der Waals surface area contributed by atoms with E-state index in [4.69, 9.17) is 4.74 Å². The highest BCUT2D eigenvalue weighted by Crippen LogP contribution is 2.22. The van der Waals surface area contributed by atoms with Crippen LogP contribution in [0.15, 0.2) is 59.6 Å². The van der Waals surface area contributed by atoms with Crippen molar-refractivity contribution >= 4 is 17.8 Å². The van der Waals surface area contributed by atoms with E-state index < -0.39 is 0 Å². The van der Waals surface area contributed by atoms with Gasteiger partial charge in [0.15, 0.2) is 5.96 Å². The monoisotopic (exact) mass is 422 g/mol. The summed E-state index contributed by atoms with van der Waals surface area (Å²) in [7, 11) is 0. The van der Waals surface area contributed by atoms with Crippen molar-refractivity contribution in [2.45, 2.75) is 26.4 Å². The van der Waals surface area contributed by atoms with Crippen molar-refractivity contribution in [3.8, 4) is 0 Å². The van der Waals surface area contributed by atoms with Crippen LogP contribution >= 0.6 is 0 Å². The molecule has 2 amide bonds. The van der Waals surface area contributed by atoms with Crippen molar-refractivity contribution in [1.82, 2.24) is 15.5 Å². The molecule has 1 aliphatic heterocycles. The Morgan fingerprint density at radius 3 is 2.29 bits per heavy atom. The molecule has 7 heteroatoms. The summed E-state index contributed by atoms with van der Waals surface area (Å²) in [6, 6.07) is 17.1. The number of carbonyl (C=O) groups excluding carboxylic acids is 2. The van der Waals surface area contributed by atoms with E-state index in [9.17, 15) is 9.59 Å². The molecular weight excluding hydrogens is 392 g/mol. The van der Waals surface area contributed by atoms with Crippen LogP contribution in [0.3, 0.4) is 0 Å². The maximum absolute atomic E-state index is 12.4. The minimum atomic E-state index is -0.199. The first-order chi connectivity index (χ1) is 15.2. The third-order valence-electron chi connectivity index (χ3n) is 4.93. The van der Waals surface area contributed by atoms with Crippen LogP contribution in [-0.4, -0.2) is 55.5 Å². The van der Waals surface area contributed by atoms with Gasteiger partial charge in [0.05, 0.1) is 24.3 Å². The van der Waals surface area contributed by atoms with Crippen LogP contribution in [0, 0.1) is 0 Å². The summed E-state index contributed by atoms with van der Waals surface area (Å²) in [5.41, 5.74) is 2.15. The lowest BCUT2D eigenvalue weighted by molar-refractivity contribution is 0.0652. The number of benzene rings is 2. The Morgan fingerprint density at radius 2 is 1.61 bits per heavy atom. The van der Waals surface area contributed by atoms with Crippen molar-refractivity contribution in [2.75, 3.05) is 32.8 Å². The van der Waals surface area contributed by atoms with Gasteiger partial charge in [-0.15, -0.1) is 0 Å². The first-order valence-corrected chi connectivity index (χ1v) is 10.8. The fourth-order valence-electron chi connectivity index (χ4n) is 3.36. The van der Waals surface area contributed by atoms with Gasteiger partial charge in [-0.3, -0.25) is 19.5 Å². The van der Waals surface area contributed by atoms with E-state index in [2.05, 4.69) is 15.6 Å². The average Bonchev–Trinajstić information content (AvgIpc) is 3.04. The minimum Gasteiger partial charge on any atom is -0.375 e. The predicted molar refractivity (Wildman–Crippen MR) is 121 cm³/mol. The molecule has 3 rings (SSSR count). The van der Waals surface area contributed by atoms with Crippen LogP contribution in [0.5, 0.6) is 0 Å². The number of amides is 2. The third-order valence-corrected chi connectivity index (χ3v) is 4.93. The SMILES string of the molecule is CCNC(=NCCCCN1C(=O)c2ccccc2C1=O)NCCOCc1ccccc1. The molecule has 0 atom stereocenters. The normalized spacial score (nSPS) is 13.5. The molecule has 1 heterocycles. The lowest BCUT2D eigenvalue weighted by atomic mass is 10.1. The average molecular weight is 423 g/mol. The molecule has 0 saturated heterocycles. The lowest BCUT2D eigenvalue weighted by Gasteiger charge is -2.14. The zero-order valence-electron chi connectivity index (χ0n) is 18.0. The molecule has 1 aliphatic rings. The van der Waals surface area contributed by atoms with Crippen LogP contribution < -0.4 is 10.6 Å². The highest BCUT2D eigenvalue weighted by molar-refractivity contribution is 6.21. The number of nitrogens with zero attached hydrogens (tertiary/aromatic N) is 2. The molecule has 0 spiro atoms. The fourth-order valence-corrected chi connectivity index (χ4v) is 3.36. The van der Waals surface area contributed by atoms with Crippen molar-refractivity contribution in [1.29, 1.82) is 0 Å². The highest BCUT2D eigenvalue weighted by Gasteiger charge is 2.34. The molecule has 0 radical (unpaired) electrons. The zero-order chi connectivity index (χ0) is 21.9. The molecule has 0 saturated carbocycles. The molecule has 31 heavy (non-hydrogen) atoms. The van der Waals surface area contributed by atoms with Gasteiger partial charge in [0.1, 0.15) is 0 Å². The minimum absolute atomic E-state index is 0.199. The van der Waals surface area contributed by atoms with Gasteiger partial charge < -0.3 is 15.4 Å². The van der Waals surface area contributed by atoms with Gasteiger partial charge in [-0.05, 0) is 37.5 Å². The van der Waals surface area contributed by atoms with Crippen LogP contribution in [-0.2, 0) is 11.3 Å². The van der Waals surface area contributed by atoms with Gasteiger partial charge in [0.2, 0.25) is 0 Å². The van der Waals surface area contributed by atoms with Crippen LogP contribution in [0.4, 0.5) is 0 Å². The number of unbranched alkanes of at least 4 members (excludes halogenated alkanes) is 1. The number of hydrogen-bond acceptors (Lipinski definition) is 4. The number of hydrogen-bond donors (Lipinski definition) is 2. The molecule has 0 unspecified atom stereocenters. The molecule has 7 nitrogen and oxygen atoms in total. The second-order valence-electron chi connectivity index (χ2n) is 7.24. The van der Waals surface area contributed by atoms with Gasteiger partial charge in [-0.25, -0.2) is 0 Å². The maximum Gasteiger partial charge on any atom is 0.261 e. The Labute approximate surface area is 183 Å². The largest absolute Gasteiger partial charge is 0.375 e. The summed E-state index contributed by atoms with van der Waals surface area (Å²) >= 11 is 0. The van der Waals surface area contributed by atoms with E-state index in [-0.39, 0.29) is 11.8 Å². The van der Waals surface area contributed by atoms with Gasteiger partial charge in [-0.1, -0.05) is 42.5 Å². The van der Waals surface area contributed by atoms with Crippen molar-refractivity contribution in [3.63, 3.8) is 0 Å². The molecule has 164 valence electrons. The summed E-state index contributed by atoms with van der Waals surface area (Å²) in [5, 5.41) is 6.47. The van der Waals surface area contributed by atoms with Gasteiger partial charge in [-0.2, -0.15) is 0 Å². The highest BCUT2D eigenvalue weighted by atomic mass is 16.5. The smallest absolute Gasteiger partial charge is 0.261 e. The van der Waals surface area contributed by atoms with E-state index in [1.165, 1.54) is 4.90 Å². The summed E-state index contributed by atoms with van der Waals surface area (Å²) in [6.45, 7) is 5.65. The lowest BCUT2D eigenvalue weighted by Crippen LogP contribution is -2.39. The quantitative estimate of drug-likeness (QED) is 0.252. The number of fused-ring (bicyclic) bond motifs is 1. The van der Waals surface area contributed by atoms with E-state index >= 15 is 0 Å². The number of rotatable bonds is 11. The molecule has 0 bridgehead atoms. The molecule has 2 N–H and O–H groups in total. The van der Waals surface area contributed by atoms with Crippen LogP contribution in [0.1, 0.15) is 46.0 Å². The number of aliphatic imine (C=N–C) groups is 1. The first kappa shape index (κ1) is 22.5. The maximum atomic E-state index is 12.4. The Balaban J connectivity index is 1.34. The summed E-state index contributed by atoms with van der Waals surface area (Å²) < 4.78 is 5.68. The molecule has 2 aromatic carbocycles. The van der Waals surface area contributed by atoms with E-state index in [1.54, 1.807) is 24.3 Å². The summed E-state index contributed by atoms with van der Waals surface area (Å²) in [4.78, 5) is 30.6. The standard InChI is InChI=1S/C24H30N4O3/c1-2-25-24(27-15-17-31-18-19-10-4-3-5-11-19)26-14-8-9-16-28-22(29)20-12-6-7-13-21(20)23(28)30/h3-7,10-13H,2,8-9,14-18H2,1H3,(H2,25,26,27). The van der Waals surface area contributed by atoms with Gasteiger partial charge >= 0.3 is 0 Å². The Hall–Kier alpha value is -3.19. The van der Waals surface area contributed by atoms with Crippen molar-refractivity contribution in [3.05, 3.63) is 71.3 Å². The molecule has 0 aliphatic carbocycles. The molecule has 0 aromatic heterocycles. The number of ether oxygens (including phenoxy) is 1. The summed E-state index contributed by atoms with van der Waals surface area (Å²) in [6.07, 6.45) is 1.50.